The summed E-state index contributed by atoms with van der Waals surface area (Å²) in [6.07, 6.45) is 3.39. The van der Waals surface area contributed by atoms with Gasteiger partial charge in [0.2, 0.25) is 15.3 Å². The molecule has 0 aliphatic carbocycles. The number of alkyl halides is 1. The third kappa shape index (κ3) is 4.71. The number of carbonyl (C=O) groups excluding carboxylic acids is 1. The van der Waals surface area contributed by atoms with E-state index >= 15 is 0 Å². The lowest BCUT2D eigenvalue weighted by molar-refractivity contribution is 0.0938. The van der Waals surface area contributed by atoms with Gasteiger partial charge in [-0.1, -0.05) is 0 Å². The SMILES string of the molecule is Cc1cnc2c(c1)OCCN2c1ccc2cnc(CNC(=O)c3cc(F)c4c(c3)S(=O)(=O)C(F)COC4)cc2n1. The maximum atomic E-state index is 14.7. The summed E-state index contributed by atoms with van der Waals surface area (Å²) in [5.74, 6) is 0.322. The molecule has 0 spiro atoms. The largest absolute Gasteiger partial charge is 0.488 e. The number of amides is 1. The number of nitrogens with zero attached hydrogens (tertiary/aromatic N) is 4. The van der Waals surface area contributed by atoms with Crippen LogP contribution < -0.4 is 15.0 Å². The molecule has 10 nitrogen and oxygen atoms in total. The van der Waals surface area contributed by atoms with E-state index < -0.39 is 45.2 Å². The number of nitrogens with one attached hydrogen (secondary N) is 1. The van der Waals surface area contributed by atoms with Gasteiger partial charge in [-0.25, -0.2) is 27.2 Å². The highest BCUT2D eigenvalue weighted by atomic mass is 32.2. The van der Waals surface area contributed by atoms with Crippen molar-refractivity contribution in [1.82, 2.24) is 20.3 Å². The number of carbonyl (C=O) groups is 1. The highest BCUT2D eigenvalue weighted by Gasteiger charge is 2.35. The first kappa shape index (κ1) is 26.0. The fourth-order valence-electron chi connectivity index (χ4n) is 4.60. The van der Waals surface area contributed by atoms with E-state index in [4.69, 9.17) is 14.5 Å². The zero-order valence-corrected chi connectivity index (χ0v) is 22.0. The van der Waals surface area contributed by atoms with Crippen LogP contribution in [-0.2, 0) is 27.7 Å². The van der Waals surface area contributed by atoms with Gasteiger partial charge in [0.05, 0.1) is 42.4 Å². The van der Waals surface area contributed by atoms with E-state index in [1.165, 1.54) is 0 Å². The molecule has 5 heterocycles. The minimum absolute atomic E-state index is 0.0395. The highest BCUT2D eigenvalue weighted by molar-refractivity contribution is 7.92. The van der Waals surface area contributed by atoms with Crippen molar-refractivity contribution in [1.29, 1.82) is 0 Å². The molecule has 2 aliphatic rings. The van der Waals surface area contributed by atoms with Crippen LogP contribution in [0.3, 0.4) is 0 Å². The summed E-state index contributed by atoms with van der Waals surface area (Å²) < 4.78 is 64.5. The normalized spacial score (nSPS) is 17.9. The van der Waals surface area contributed by atoms with E-state index in [0.29, 0.717) is 41.7 Å². The van der Waals surface area contributed by atoms with Crippen molar-refractivity contribution in [2.75, 3.05) is 24.7 Å². The Morgan fingerprint density at radius 2 is 2.02 bits per heavy atom. The lowest BCUT2D eigenvalue weighted by Gasteiger charge is -2.29. The van der Waals surface area contributed by atoms with E-state index in [-0.39, 0.29) is 17.7 Å². The predicted octanol–water partition coefficient (Wildman–Crippen LogP) is 3.53. The van der Waals surface area contributed by atoms with Gasteiger partial charge in [0.25, 0.3) is 5.91 Å². The molecule has 6 rings (SSSR count). The molecule has 40 heavy (non-hydrogen) atoms. The van der Waals surface area contributed by atoms with E-state index in [0.717, 1.165) is 23.1 Å². The molecule has 0 fully saturated rings. The number of hydrogen-bond acceptors (Lipinski definition) is 9. The summed E-state index contributed by atoms with van der Waals surface area (Å²) in [6, 6.07) is 9.28. The van der Waals surface area contributed by atoms with E-state index in [1.54, 1.807) is 18.5 Å². The van der Waals surface area contributed by atoms with Crippen LogP contribution in [0.15, 0.2) is 53.7 Å². The van der Waals surface area contributed by atoms with Crippen LogP contribution in [0, 0.1) is 12.7 Å². The molecule has 0 radical (unpaired) electrons. The fourth-order valence-corrected chi connectivity index (χ4v) is 5.95. The molecular formula is C27H23F2N5O5S. The average Bonchev–Trinajstić information content (AvgIpc) is 3.06. The van der Waals surface area contributed by atoms with Gasteiger partial charge in [0, 0.05) is 28.9 Å². The Morgan fingerprint density at radius 3 is 2.88 bits per heavy atom. The van der Waals surface area contributed by atoms with Crippen LogP contribution >= 0.6 is 0 Å². The third-order valence-corrected chi connectivity index (χ3v) is 8.46. The van der Waals surface area contributed by atoms with Gasteiger partial charge >= 0.3 is 0 Å². The first-order chi connectivity index (χ1) is 19.2. The summed E-state index contributed by atoms with van der Waals surface area (Å²) in [4.78, 5) is 27.9. The molecule has 1 N–H and O–H groups in total. The van der Waals surface area contributed by atoms with E-state index in [1.807, 2.05) is 30.0 Å². The minimum Gasteiger partial charge on any atom is -0.488 e. The minimum atomic E-state index is -4.51. The number of rotatable bonds is 4. The topological polar surface area (TPSA) is 124 Å². The molecule has 0 saturated carbocycles. The Labute approximate surface area is 227 Å². The first-order valence-electron chi connectivity index (χ1n) is 12.4. The Kier molecular flexibility index (Phi) is 6.55. The van der Waals surface area contributed by atoms with Crippen LogP contribution in [0.2, 0.25) is 0 Å². The van der Waals surface area contributed by atoms with Crippen LogP contribution in [0.1, 0.15) is 27.2 Å². The number of benzene rings is 1. The van der Waals surface area contributed by atoms with Crippen molar-refractivity contribution in [2.24, 2.45) is 0 Å². The molecule has 1 amide bonds. The average molecular weight is 568 g/mol. The van der Waals surface area contributed by atoms with Crippen molar-refractivity contribution in [3.8, 4) is 5.75 Å². The fraction of sp³-hybridized carbons (Fsp3) is 0.259. The monoisotopic (exact) mass is 567 g/mol. The van der Waals surface area contributed by atoms with Crippen LogP contribution in [0.25, 0.3) is 10.9 Å². The molecule has 13 heteroatoms. The second-order valence-corrected chi connectivity index (χ2v) is 11.5. The van der Waals surface area contributed by atoms with E-state index in [2.05, 4.69) is 15.3 Å². The molecule has 1 unspecified atom stereocenters. The van der Waals surface area contributed by atoms with Crippen LogP contribution in [0.5, 0.6) is 5.75 Å². The first-order valence-corrected chi connectivity index (χ1v) is 13.9. The molecule has 4 aromatic rings. The van der Waals surface area contributed by atoms with Gasteiger partial charge in [-0.15, -0.1) is 0 Å². The maximum absolute atomic E-state index is 14.7. The maximum Gasteiger partial charge on any atom is 0.251 e. The van der Waals surface area contributed by atoms with Crippen LogP contribution in [0.4, 0.5) is 20.4 Å². The van der Waals surface area contributed by atoms with Gasteiger partial charge in [0.1, 0.15) is 18.2 Å². The van der Waals surface area contributed by atoms with Gasteiger partial charge in [-0.3, -0.25) is 9.78 Å². The third-order valence-electron chi connectivity index (χ3n) is 6.68. The second kappa shape index (κ2) is 10.1. The second-order valence-electron chi connectivity index (χ2n) is 9.46. The zero-order valence-electron chi connectivity index (χ0n) is 21.2. The number of aryl methyl sites for hydroxylation is 1. The number of anilines is 2. The van der Waals surface area contributed by atoms with Crippen molar-refractivity contribution >= 4 is 38.3 Å². The Balaban J connectivity index is 1.24. The summed E-state index contributed by atoms with van der Waals surface area (Å²) in [6.45, 7) is 1.83. The Hall–Kier alpha value is -4.23. The van der Waals surface area contributed by atoms with Gasteiger partial charge in [-0.2, -0.15) is 0 Å². The molecule has 1 atom stereocenters. The predicted molar refractivity (Wildman–Crippen MR) is 140 cm³/mol. The number of fused-ring (bicyclic) bond motifs is 3. The zero-order chi connectivity index (χ0) is 28.0. The number of ether oxygens (including phenoxy) is 2. The lowest BCUT2D eigenvalue weighted by atomic mass is 10.1. The van der Waals surface area contributed by atoms with Crippen molar-refractivity contribution in [2.45, 2.75) is 30.5 Å². The quantitative estimate of drug-likeness (QED) is 0.394. The van der Waals surface area contributed by atoms with Crippen molar-refractivity contribution in [3.63, 3.8) is 0 Å². The van der Waals surface area contributed by atoms with Gasteiger partial charge in [-0.05, 0) is 48.9 Å². The van der Waals surface area contributed by atoms with Crippen LogP contribution in [-0.4, -0.2) is 54.5 Å². The Bertz CT molecular complexity index is 1770. The highest BCUT2D eigenvalue weighted by Crippen LogP contribution is 2.35. The summed E-state index contributed by atoms with van der Waals surface area (Å²) in [5.41, 5.74) is -0.821. The summed E-state index contributed by atoms with van der Waals surface area (Å²) in [5, 5.41) is 3.39. The number of halogens is 2. The Morgan fingerprint density at radius 1 is 1.18 bits per heavy atom. The lowest BCUT2D eigenvalue weighted by Crippen LogP contribution is -2.30. The molecule has 1 aromatic carbocycles. The molecule has 206 valence electrons. The van der Waals surface area contributed by atoms with Crippen molar-refractivity contribution in [3.05, 3.63) is 77.0 Å². The molecule has 0 saturated heterocycles. The van der Waals surface area contributed by atoms with Crippen molar-refractivity contribution < 1.29 is 31.5 Å². The number of sulfone groups is 1. The number of aromatic nitrogens is 3. The molecule has 0 bridgehead atoms. The van der Waals surface area contributed by atoms with Gasteiger partial charge in [0.15, 0.2) is 11.6 Å². The van der Waals surface area contributed by atoms with E-state index in [9.17, 15) is 22.0 Å². The molecular weight excluding hydrogens is 544 g/mol. The summed E-state index contributed by atoms with van der Waals surface area (Å²) in [7, 11) is -4.51. The molecule has 2 aliphatic heterocycles. The summed E-state index contributed by atoms with van der Waals surface area (Å²) >= 11 is 0. The van der Waals surface area contributed by atoms with Gasteiger partial charge < -0.3 is 19.7 Å². The number of pyridine rings is 3. The molecule has 3 aromatic heterocycles. The standard InChI is InChI=1S/C27H23F2N5O5S/c1-15-6-22-26(31-10-15)34(4-5-39-22)25-3-2-16-11-30-18(9-21(16)33-25)12-32-27(35)17-7-20(28)19-13-38-14-24(29)40(36,37)23(19)8-17/h2-3,6-11,24H,4-5,12-14H2,1H3,(H,32,35). The smallest absolute Gasteiger partial charge is 0.251 e. The number of hydrogen-bond donors (Lipinski definition) is 1.